The van der Waals surface area contributed by atoms with Gasteiger partial charge in [0.15, 0.2) is 0 Å². The van der Waals surface area contributed by atoms with Crippen LogP contribution in [0.25, 0.3) is 38.9 Å². The molecule has 5 aromatic rings. The highest BCUT2D eigenvalue weighted by Gasteiger charge is 2.19. The number of hydrogen-bond donors (Lipinski definition) is 1. The lowest BCUT2D eigenvalue weighted by Crippen LogP contribution is -1.92. The lowest BCUT2D eigenvalue weighted by Gasteiger charge is -2.07. The second-order valence-corrected chi connectivity index (χ2v) is 7.73. The van der Waals surface area contributed by atoms with E-state index in [9.17, 15) is 0 Å². The van der Waals surface area contributed by atoms with Crippen molar-refractivity contribution in [2.75, 3.05) is 5.73 Å². The first-order valence-corrected chi connectivity index (χ1v) is 9.70. The largest absolute Gasteiger partial charge is 0.398 e. The number of anilines is 1. The van der Waals surface area contributed by atoms with Gasteiger partial charge in [0.05, 0.1) is 33.1 Å². The molecule has 0 aliphatic rings. The molecule has 0 spiro atoms. The summed E-state index contributed by atoms with van der Waals surface area (Å²) < 4.78 is 3.78. The first-order chi connectivity index (χ1) is 13.9. The molecule has 8 heteroatoms. The molecule has 29 heavy (non-hydrogen) atoms. The van der Waals surface area contributed by atoms with Crippen LogP contribution in [0.3, 0.4) is 0 Å². The van der Waals surface area contributed by atoms with E-state index in [1.807, 2.05) is 49.2 Å². The van der Waals surface area contributed by atoms with Crippen LogP contribution in [0, 0.1) is 6.92 Å². The van der Waals surface area contributed by atoms with E-state index < -0.39 is 0 Å². The van der Waals surface area contributed by atoms with E-state index >= 15 is 0 Å². The van der Waals surface area contributed by atoms with Crippen LogP contribution in [0.15, 0.2) is 49.1 Å². The van der Waals surface area contributed by atoms with Crippen LogP contribution in [-0.2, 0) is 7.05 Å². The van der Waals surface area contributed by atoms with Crippen LogP contribution in [0.2, 0.25) is 10.0 Å². The summed E-state index contributed by atoms with van der Waals surface area (Å²) in [7, 11) is 1.89. The molecule has 0 unspecified atom stereocenters. The highest BCUT2D eigenvalue weighted by Crippen LogP contribution is 2.40. The van der Waals surface area contributed by atoms with Gasteiger partial charge in [0.2, 0.25) is 0 Å². The molecular weight excluding hydrogens is 407 g/mol. The van der Waals surface area contributed by atoms with Crippen molar-refractivity contribution in [2.45, 2.75) is 6.92 Å². The maximum absolute atomic E-state index is 6.48. The molecule has 4 aromatic heterocycles. The van der Waals surface area contributed by atoms with Gasteiger partial charge in [0.25, 0.3) is 0 Å². The van der Waals surface area contributed by atoms with E-state index in [4.69, 9.17) is 33.9 Å². The summed E-state index contributed by atoms with van der Waals surface area (Å²) in [4.78, 5) is 9.51. The van der Waals surface area contributed by atoms with Crippen molar-refractivity contribution in [3.8, 4) is 22.4 Å². The Kier molecular flexibility index (Phi) is 4.01. The first kappa shape index (κ1) is 18.0. The molecule has 5 rings (SSSR count). The van der Waals surface area contributed by atoms with Crippen LogP contribution in [0.4, 0.5) is 5.69 Å². The van der Waals surface area contributed by atoms with Crippen molar-refractivity contribution >= 4 is 45.4 Å². The fourth-order valence-corrected chi connectivity index (χ4v) is 4.12. The Morgan fingerprint density at radius 2 is 1.90 bits per heavy atom. The predicted octanol–water partition coefficient (Wildman–Crippen LogP) is 5.15. The van der Waals surface area contributed by atoms with E-state index in [2.05, 4.69) is 16.1 Å². The van der Waals surface area contributed by atoms with E-state index in [1.165, 1.54) is 0 Å². The molecule has 0 saturated heterocycles. The van der Waals surface area contributed by atoms with Crippen LogP contribution in [-0.4, -0.2) is 24.1 Å². The Morgan fingerprint density at radius 3 is 2.66 bits per heavy atom. The van der Waals surface area contributed by atoms with Crippen molar-refractivity contribution in [1.29, 1.82) is 0 Å². The number of nitrogen functional groups attached to an aromatic ring is 1. The van der Waals surface area contributed by atoms with Gasteiger partial charge in [-0.3, -0.25) is 9.67 Å². The minimum Gasteiger partial charge on any atom is -0.398 e. The second kappa shape index (κ2) is 6.47. The number of pyridine rings is 2. The van der Waals surface area contributed by atoms with Gasteiger partial charge in [-0.25, -0.2) is 4.98 Å². The summed E-state index contributed by atoms with van der Waals surface area (Å²) >= 11 is 12.9. The van der Waals surface area contributed by atoms with Crippen molar-refractivity contribution in [2.24, 2.45) is 7.05 Å². The van der Waals surface area contributed by atoms with Crippen molar-refractivity contribution in [3.05, 3.63) is 64.8 Å². The molecule has 0 amide bonds. The molecular formula is C21H16Cl2N6. The van der Waals surface area contributed by atoms with Crippen molar-refractivity contribution < 1.29 is 0 Å². The Bertz CT molecular complexity index is 1420. The summed E-state index contributed by atoms with van der Waals surface area (Å²) in [6.45, 7) is 1.98. The number of rotatable bonds is 2. The molecule has 2 N–H and O–H groups in total. The molecule has 0 aliphatic heterocycles. The number of imidazole rings is 1. The van der Waals surface area contributed by atoms with Gasteiger partial charge in [0.1, 0.15) is 5.65 Å². The molecule has 1 aromatic carbocycles. The third kappa shape index (κ3) is 2.75. The number of nitrogens with zero attached hydrogens (tertiary/aromatic N) is 5. The van der Waals surface area contributed by atoms with Gasteiger partial charge < -0.3 is 10.1 Å². The normalized spacial score (nSPS) is 11.6. The number of halogens is 2. The number of aromatic nitrogens is 5. The highest BCUT2D eigenvalue weighted by atomic mass is 35.5. The summed E-state index contributed by atoms with van der Waals surface area (Å²) in [5.41, 5.74) is 12.3. The summed E-state index contributed by atoms with van der Waals surface area (Å²) in [6.07, 6.45) is 7.57. The van der Waals surface area contributed by atoms with E-state index in [0.29, 0.717) is 27.0 Å². The zero-order valence-electron chi connectivity index (χ0n) is 15.7. The monoisotopic (exact) mass is 422 g/mol. The van der Waals surface area contributed by atoms with Gasteiger partial charge in [-0.05, 0) is 31.2 Å². The van der Waals surface area contributed by atoms with E-state index in [1.54, 1.807) is 16.8 Å². The van der Waals surface area contributed by atoms with Crippen LogP contribution in [0.1, 0.15) is 5.69 Å². The zero-order chi connectivity index (χ0) is 20.3. The smallest absolute Gasteiger partial charge is 0.147 e. The minimum atomic E-state index is 0.405. The predicted molar refractivity (Wildman–Crippen MR) is 117 cm³/mol. The van der Waals surface area contributed by atoms with Gasteiger partial charge >= 0.3 is 0 Å². The van der Waals surface area contributed by atoms with Crippen LogP contribution in [0.5, 0.6) is 0 Å². The Hall–Kier alpha value is -3.09. The average molecular weight is 423 g/mol. The second-order valence-electron chi connectivity index (χ2n) is 6.94. The van der Waals surface area contributed by atoms with Gasteiger partial charge in [-0.2, -0.15) is 5.10 Å². The van der Waals surface area contributed by atoms with Crippen LogP contribution >= 0.6 is 23.2 Å². The number of nitrogens with two attached hydrogens (primary N) is 1. The summed E-state index contributed by atoms with van der Waals surface area (Å²) in [5.74, 6) is 0. The third-order valence-corrected chi connectivity index (χ3v) is 5.81. The SMILES string of the molecule is Cc1c(-c2c(Cl)ccc(N)c2Cl)nc2c3cc(-c4cnn(C)c4)cnc3ccn12. The molecule has 0 aliphatic carbocycles. The molecule has 144 valence electrons. The average Bonchev–Trinajstić information content (AvgIpc) is 3.29. The lowest BCUT2D eigenvalue weighted by atomic mass is 10.1. The fourth-order valence-electron chi connectivity index (χ4n) is 3.57. The molecule has 0 fully saturated rings. The molecule has 0 radical (unpaired) electrons. The summed E-state index contributed by atoms with van der Waals surface area (Å²) in [6, 6.07) is 7.48. The Labute approximate surface area is 176 Å². The number of fused-ring (bicyclic) bond motifs is 3. The molecule has 0 saturated carbocycles. The van der Waals surface area contributed by atoms with E-state index in [-0.39, 0.29) is 0 Å². The Morgan fingerprint density at radius 1 is 1.07 bits per heavy atom. The van der Waals surface area contributed by atoms with Crippen molar-refractivity contribution in [1.82, 2.24) is 24.1 Å². The minimum absolute atomic E-state index is 0.405. The number of benzene rings is 1. The van der Waals surface area contributed by atoms with Crippen LogP contribution < -0.4 is 5.73 Å². The fraction of sp³-hybridized carbons (Fsp3) is 0.0952. The molecule has 6 nitrogen and oxygen atoms in total. The van der Waals surface area contributed by atoms with Crippen molar-refractivity contribution in [3.63, 3.8) is 0 Å². The molecule has 0 atom stereocenters. The van der Waals surface area contributed by atoms with Gasteiger partial charge in [-0.1, -0.05) is 23.2 Å². The topological polar surface area (TPSA) is 74.0 Å². The highest BCUT2D eigenvalue weighted by molar-refractivity contribution is 6.40. The number of hydrogen-bond acceptors (Lipinski definition) is 4. The quantitative estimate of drug-likeness (QED) is 0.399. The lowest BCUT2D eigenvalue weighted by molar-refractivity contribution is 0.768. The van der Waals surface area contributed by atoms with Gasteiger partial charge in [-0.15, -0.1) is 0 Å². The van der Waals surface area contributed by atoms with E-state index in [0.717, 1.165) is 33.4 Å². The number of aryl methyl sites for hydroxylation is 2. The third-order valence-electron chi connectivity index (χ3n) is 5.09. The Balaban J connectivity index is 1.80. The maximum Gasteiger partial charge on any atom is 0.147 e. The zero-order valence-corrected chi connectivity index (χ0v) is 17.2. The maximum atomic E-state index is 6.48. The first-order valence-electron chi connectivity index (χ1n) is 8.94. The standard InChI is InChI=1S/C21H16Cl2N6/c1-11-20(18-15(22)3-4-16(24)19(18)23)27-21-14-7-12(13-9-26-28(2)10-13)8-25-17(14)5-6-29(11)21/h3-10H,24H2,1-2H3. The summed E-state index contributed by atoms with van der Waals surface area (Å²) in [5, 5.41) is 6.09. The van der Waals surface area contributed by atoms with Gasteiger partial charge in [0, 0.05) is 53.4 Å². The molecule has 0 bridgehead atoms. The molecule has 4 heterocycles.